The third-order valence-electron chi connectivity index (χ3n) is 2.90. The number of rotatable bonds is 3. The number of nitrogens with one attached hydrogen (secondary N) is 1. The van der Waals surface area contributed by atoms with Crippen molar-refractivity contribution in [2.45, 2.75) is 25.8 Å². The van der Waals surface area contributed by atoms with E-state index in [0.717, 1.165) is 25.1 Å². The molecule has 1 fully saturated rings. The lowest BCUT2D eigenvalue weighted by Gasteiger charge is -2.25. The van der Waals surface area contributed by atoms with Gasteiger partial charge in [0.25, 0.3) is 0 Å². The van der Waals surface area contributed by atoms with Gasteiger partial charge in [-0.2, -0.15) is 0 Å². The van der Waals surface area contributed by atoms with Gasteiger partial charge in [0, 0.05) is 31.2 Å². The SMILES string of the molecule is CCNC(=O)[C@@H]1CCCN1c1ccncc1. The van der Waals surface area contributed by atoms with Gasteiger partial charge in [-0.25, -0.2) is 0 Å². The molecule has 1 aliphatic rings. The number of anilines is 1. The number of hydrogen-bond donors (Lipinski definition) is 1. The molecule has 0 aliphatic carbocycles. The number of carbonyl (C=O) groups is 1. The standard InChI is InChI=1S/C12H17N3O/c1-2-14-12(16)11-4-3-9-15(11)10-5-7-13-8-6-10/h5-8,11H,2-4,9H2,1H3,(H,14,16)/t11-/m0/s1. The van der Waals surface area contributed by atoms with Crippen LogP contribution in [0.25, 0.3) is 0 Å². The van der Waals surface area contributed by atoms with Crippen LogP contribution in [-0.2, 0) is 4.79 Å². The molecule has 2 rings (SSSR count). The summed E-state index contributed by atoms with van der Waals surface area (Å²) in [5.41, 5.74) is 1.09. The zero-order valence-corrected chi connectivity index (χ0v) is 9.52. The zero-order valence-electron chi connectivity index (χ0n) is 9.52. The third kappa shape index (κ3) is 2.15. The molecule has 1 atom stereocenters. The van der Waals surface area contributed by atoms with Crippen LogP contribution in [0.5, 0.6) is 0 Å². The van der Waals surface area contributed by atoms with Gasteiger partial charge >= 0.3 is 0 Å². The van der Waals surface area contributed by atoms with E-state index in [2.05, 4.69) is 15.2 Å². The molecule has 86 valence electrons. The van der Waals surface area contributed by atoms with Crippen molar-refractivity contribution in [3.8, 4) is 0 Å². The van der Waals surface area contributed by atoms with E-state index in [0.29, 0.717) is 6.54 Å². The maximum absolute atomic E-state index is 11.9. The van der Waals surface area contributed by atoms with E-state index in [9.17, 15) is 4.79 Å². The normalized spacial score (nSPS) is 19.8. The number of amides is 1. The third-order valence-corrected chi connectivity index (χ3v) is 2.90. The lowest BCUT2D eigenvalue weighted by molar-refractivity contribution is -0.122. The second kappa shape index (κ2) is 4.96. The molecule has 0 spiro atoms. The molecule has 1 aliphatic heterocycles. The van der Waals surface area contributed by atoms with Crippen LogP contribution in [0, 0.1) is 0 Å². The van der Waals surface area contributed by atoms with Crippen molar-refractivity contribution in [1.29, 1.82) is 0 Å². The van der Waals surface area contributed by atoms with Crippen molar-refractivity contribution in [3.63, 3.8) is 0 Å². The molecule has 1 saturated heterocycles. The molecular formula is C12H17N3O. The van der Waals surface area contributed by atoms with Gasteiger partial charge in [0.2, 0.25) is 5.91 Å². The van der Waals surface area contributed by atoms with Gasteiger partial charge in [-0.1, -0.05) is 0 Å². The first-order chi connectivity index (χ1) is 7.83. The van der Waals surface area contributed by atoms with Crippen LogP contribution in [-0.4, -0.2) is 30.0 Å². The van der Waals surface area contributed by atoms with Crippen molar-refractivity contribution in [3.05, 3.63) is 24.5 Å². The summed E-state index contributed by atoms with van der Waals surface area (Å²) in [5.74, 6) is 0.136. The molecule has 0 aromatic carbocycles. The number of hydrogen-bond acceptors (Lipinski definition) is 3. The van der Waals surface area contributed by atoms with Crippen molar-refractivity contribution >= 4 is 11.6 Å². The summed E-state index contributed by atoms with van der Waals surface area (Å²) in [6.07, 6.45) is 5.54. The molecule has 2 heterocycles. The van der Waals surface area contributed by atoms with Crippen LogP contribution >= 0.6 is 0 Å². The first-order valence-electron chi connectivity index (χ1n) is 5.77. The highest BCUT2D eigenvalue weighted by Gasteiger charge is 2.30. The Kier molecular flexibility index (Phi) is 3.39. The van der Waals surface area contributed by atoms with E-state index in [-0.39, 0.29) is 11.9 Å². The number of nitrogens with zero attached hydrogens (tertiary/aromatic N) is 2. The van der Waals surface area contributed by atoms with Crippen LogP contribution in [0.15, 0.2) is 24.5 Å². The molecule has 1 N–H and O–H groups in total. The van der Waals surface area contributed by atoms with Crippen LogP contribution in [0.4, 0.5) is 5.69 Å². The van der Waals surface area contributed by atoms with Crippen LogP contribution in [0.3, 0.4) is 0 Å². The number of carbonyl (C=O) groups excluding carboxylic acids is 1. The van der Waals surface area contributed by atoms with E-state index in [4.69, 9.17) is 0 Å². The highest BCUT2D eigenvalue weighted by Crippen LogP contribution is 2.24. The monoisotopic (exact) mass is 219 g/mol. The molecule has 0 radical (unpaired) electrons. The fourth-order valence-electron chi connectivity index (χ4n) is 2.18. The van der Waals surface area contributed by atoms with E-state index in [1.807, 2.05) is 19.1 Å². The Morgan fingerprint density at radius 1 is 1.56 bits per heavy atom. The summed E-state index contributed by atoms with van der Waals surface area (Å²) in [6.45, 7) is 3.59. The molecule has 1 aromatic rings. The maximum atomic E-state index is 11.9. The summed E-state index contributed by atoms with van der Waals surface area (Å²) in [6, 6.07) is 3.90. The Hall–Kier alpha value is -1.58. The Labute approximate surface area is 95.7 Å². The first kappa shape index (κ1) is 10.9. The Bertz CT molecular complexity index is 353. The second-order valence-corrected chi connectivity index (χ2v) is 3.95. The minimum Gasteiger partial charge on any atom is -0.359 e. The highest BCUT2D eigenvalue weighted by molar-refractivity contribution is 5.85. The Morgan fingerprint density at radius 3 is 3.00 bits per heavy atom. The average Bonchev–Trinajstić information content (AvgIpc) is 2.79. The number of aromatic nitrogens is 1. The average molecular weight is 219 g/mol. The van der Waals surface area contributed by atoms with Gasteiger partial charge in [-0.05, 0) is 31.9 Å². The second-order valence-electron chi connectivity index (χ2n) is 3.95. The number of pyridine rings is 1. The summed E-state index contributed by atoms with van der Waals surface area (Å²) in [4.78, 5) is 18.0. The molecule has 1 amide bonds. The molecule has 1 aromatic heterocycles. The lowest BCUT2D eigenvalue weighted by Crippen LogP contribution is -2.43. The zero-order chi connectivity index (χ0) is 11.4. The first-order valence-corrected chi connectivity index (χ1v) is 5.77. The lowest BCUT2D eigenvalue weighted by atomic mass is 10.2. The fraction of sp³-hybridized carbons (Fsp3) is 0.500. The maximum Gasteiger partial charge on any atom is 0.242 e. The van der Waals surface area contributed by atoms with Gasteiger partial charge in [0.1, 0.15) is 6.04 Å². The van der Waals surface area contributed by atoms with Crippen LogP contribution in [0.2, 0.25) is 0 Å². The minimum absolute atomic E-state index is 0.0117. The molecule has 0 bridgehead atoms. The molecule has 4 heteroatoms. The van der Waals surface area contributed by atoms with E-state index < -0.39 is 0 Å². The fourth-order valence-corrected chi connectivity index (χ4v) is 2.18. The topological polar surface area (TPSA) is 45.2 Å². The van der Waals surface area contributed by atoms with E-state index in [1.165, 1.54) is 0 Å². The quantitative estimate of drug-likeness (QED) is 0.830. The van der Waals surface area contributed by atoms with Gasteiger partial charge in [-0.3, -0.25) is 9.78 Å². The smallest absolute Gasteiger partial charge is 0.242 e. The number of likely N-dealkylation sites (N-methyl/N-ethyl adjacent to an activating group) is 1. The largest absolute Gasteiger partial charge is 0.359 e. The highest BCUT2D eigenvalue weighted by atomic mass is 16.2. The van der Waals surface area contributed by atoms with Gasteiger partial charge < -0.3 is 10.2 Å². The predicted octanol–water partition coefficient (Wildman–Crippen LogP) is 1.19. The molecule has 0 unspecified atom stereocenters. The summed E-state index contributed by atoms with van der Waals surface area (Å²) >= 11 is 0. The van der Waals surface area contributed by atoms with Crippen LogP contribution < -0.4 is 10.2 Å². The van der Waals surface area contributed by atoms with Gasteiger partial charge in [0.05, 0.1) is 0 Å². The summed E-state index contributed by atoms with van der Waals surface area (Å²) in [5, 5.41) is 2.89. The predicted molar refractivity (Wildman–Crippen MR) is 63.3 cm³/mol. The minimum atomic E-state index is -0.0117. The Balaban J connectivity index is 2.12. The van der Waals surface area contributed by atoms with Crippen molar-refractivity contribution in [2.75, 3.05) is 18.0 Å². The van der Waals surface area contributed by atoms with Crippen LogP contribution in [0.1, 0.15) is 19.8 Å². The van der Waals surface area contributed by atoms with Crippen molar-refractivity contribution < 1.29 is 4.79 Å². The Morgan fingerprint density at radius 2 is 2.31 bits per heavy atom. The molecular weight excluding hydrogens is 202 g/mol. The molecule has 0 saturated carbocycles. The van der Waals surface area contributed by atoms with E-state index in [1.54, 1.807) is 12.4 Å². The summed E-state index contributed by atoms with van der Waals surface area (Å²) < 4.78 is 0. The molecule has 4 nitrogen and oxygen atoms in total. The van der Waals surface area contributed by atoms with Gasteiger partial charge in [-0.15, -0.1) is 0 Å². The van der Waals surface area contributed by atoms with Crippen molar-refractivity contribution in [1.82, 2.24) is 10.3 Å². The van der Waals surface area contributed by atoms with E-state index >= 15 is 0 Å². The summed E-state index contributed by atoms with van der Waals surface area (Å²) in [7, 11) is 0. The molecule has 16 heavy (non-hydrogen) atoms. The van der Waals surface area contributed by atoms with Gasteiger partial charge in [0.15, 0.2) is 0 Å². The van der Waals surface area contributed by atoms with Crippen molar-refractivity contribution in [2.24, 2.45) is 0 Å².